The van der Waals surface area contributed by atoms with Gasteiger partial charge in [0.25, 0.3) is 0 Å². The Kier molecular flexibility index (Phi) is 4.14. The van der Waals surface area contributed by atoms with E-state index in [2.05, 4.69) is 15.4 Å². The van der Waals surface area contributed by atoms with Crippen LogP contribution in [0, 0.1) is 5.82 Å². The lowest BCUT2D eigenvalue weighted by molar-refractivity contribution is 0.193. The number of carbonyl (C=O) groups is 1. The maximum atomic E-state index is 13.1. The van der Waals surface area contributed by atoms with Gasteiger partial charge in [0, 0.05) is 31.7 Å². The number of amides is 2. The van der Waals surface area contributed by atoms with Gasteiger partial charge in [-0.15, -0.1) is 0 Å². The summed E-state index contributed by atoms with van der Waals surface area (Å²) in [4.78, 5) is 18.2. The Hall–Kier alpha value is -2.64. The van der Waals surface area contributed by atoms with Crippen LogP contribution in [-0.2, 0) is 7.05 Å². The number of nitrogen functional groups attached to an aromatic ring is 1. The molecule has 0 unspecified atom stereocenters. The summed E-state index contributed by atoms with van der Waals surface area (Å²) < 4.78 is 14.7. The highest BCUT2D eigenvalue weighted by Gasteiger charge is 2.26. The molecule has 1 aromatic heterocycles. The Morgan fingerprint density at radius 3 is 2.74 bits per heavy atom. The lowest BCUT2D eigenvalue weighted by Crippen LogP contribution is -2.40. The van der Waals surface area contributed by atoms with Crippen LogP contribution in [0.4, 0.5) is 20.8 Å². The van der Waals surface area contributed by atoms with Crippen molar-refractivity contribution in [3.63, 3.8) is 0 Å². The third-order valence-corrected chi connectivity index (χ3v) is 4.04. The highest BCUT2D eigenvalue weighted by atomic mass is 19.1. The summed E-state index contributed by atoms with van der Waals surface area (Å²) in [6.07, 6.45) is 1.56. The van der Waals surface area contributed by atoms with Gasteiger partial charge in [-0.25, -0.2) is 13.9 Å². The van der Waals surface area contributed by atoms with Gasteiger partial charge >= 0.3 is 6.03 Å². The first-order valence-electron chi connectivity index (χ1n) is 7.51. The molecule has 0 radical (unpaired) electrons. The SMILES string of the molecule is Cn1nc(C2CCN(C(=O)Nc3cccc(F)c3)CC2)nc1N. The van der Waals surface area contributed by atoms with Gasteiger partial charge in [-0.2, -0.15) is 10.1 Å². The molecule has 2 heterocycles. The van der Waals surface area contributed by atoms with Crippen molar-refractivity contribution in [3.8, 4) is 0 Å². The third kappa shape index (κ3) is 3.41. The number of benzene rings is 1. The average Bonchev–Trinajstić information content (AvgIpc) is 2.87. The van der Waals surface area contributed by atoms with Gasteiger partial charge < -0.3 is 16.0 Å². The second-order valence-electron chi connectivity index (χ2n) is 5.65. The van der Waals surface area contributed by atoms with Crippen molar-refractivity contribution in [2.24, 2.45) is 7.05 Å². The summed E-state index contributed by atoms with van der Waals surface area (Å²) in [5.41, 5.74) is 6.16. The van der Waals surface area contributed by atoms with Crippen LogP contribution in [-0.4, -0.2) is 38.8 Å². The smallest absolute Gasteiger partial charge is 0.321 e. The van der Waals surface area contributed by atoms with E-state index in [0.29, 0.717) is 24.7 Å². The molecule has 8 heteroatoms. The van der Waals surface area contributed by atoms with Crippen molar-refractivity contribution in [1.29, 1.82) is 0 Å². The predicted molar refractivity (Wildman–Crippen MR) is 84.4 cm³/mol. The van der Waals surface area contributed by atoms with Crippen LogP contribution in [0.5, 0.6) is 0 Å². The number of likely N-dealkylation sites (tertiary alicyclic amines) is 1. The molecule has 0 bridgehead atoms. The first-order valence-corrected chi connectivity index (χ1v) is 7.51. The van der Waals surface area contributed by atoms with E-state index in [-0.39, 0.29) is 17.8 Å². The largest absolute Gasteiger partial charge is 0.368 e. The Labute approximate surface area is 133 Å². The van der Waals surface area contributed by atoms with Gasteiger partial charge in [0.2, 0.25) is 5.95 Å². The van der Waals surface area contributed by atoms with Gasteiger partial charge in [0.1, 0.15) is 5.82 Å². The van der Waals surface area contributed by atoms with Crippen LogP contribution >= 0.6 is 0 Å². The van der Waals surface area contributed by atoms with Gasteiger partial charge in [0.15, 0.2) is 5.82 Å². The zero-order valence-corrected chi connectivity index (χ0v) is 12.9. The molecule has 0 atom stereocenters. The van der Waals surface area contributed by atoms with Crippen molar-refractivity contribution in [3.05, 3.63) is 35.9 Å². The van der Waals surface area contributed by atoms with Crippen molar-refractivity contribution in [2.45, 2.75) is 18.8 Å². The van der Waals surface area contributed by atoms with E-state index < -0.39 is 0 Å². The Morgan fingerprint density at radius 1 is 1.39 bits per heavy atom. The maximum absolute atomic E-state index is 13.1. The number of nitrogens with two attached hydrogens (primary N) is 1. The van der Waals surface area contributed by atoms with E-state index in [1.54, 1.807) is 28.8 Å². The molecule has 3 N–H and O–H groups in total. The van der Waals surface area contributed by atoms with Crippen LogP contribution in [0.1, 0.15) is 24.6 Å². The lowest BCUT2D eigenvalue weighted by Gasteiger charge is -2.30. The Balaban J connectivity index is 1.57. The second-order valence-corrected chi connectivity index (χ2v) is 5.65. The average molecular weight is 318 g/mol. The van der Waals surface area contributed by atoms with Gasteiger partial charge in [-0.1, -0.05) is 6.07 Å². The maximum Gasteiger partial charge on any atom is 0.321 e. The summed E-state index contributed by atoms with van der Waals surface area (Å²) >= 11 is 0. The van der Waals surface area contributed by atoms with Crippen molar-refractivity contribution in [1.82, 2.24) is 19.7 Å². The fourth-order valence-corrected chi connectivity index (χ4v) is 2.70. The number of carbonyl (C=O) groups excluding carboxylic acids is 1. The van der Waals surface area contributed by atoms with Crippen LogP contribution in [0.15, 0.2) is 24.3 Å². The minimum atomic E-state index is -0.375. The molecule has 1 aromatic carbocycles. The normalized spacial score (nSPS) is 15.7. The van der Waals surface area contributed by atoms with E-state index in [9.17, 15) is 9.18 Å². The van der Waals surface area contributed by atoms with Crippen LogP contribution < -0.4 is 11.1 Å². The summed E-state index contributed by atoms with van der Waals surface area (Å²) in [6.45, 7) is 1.20. The van der Waals surface area contributed by atoms with E-state index in [1.807, 2.05) is 0 Å². The number of aromatic nitrogens is 3. The number of halogens is 1. The molecule has 1 fully saturated rings. The number of aryl methyl sites for hydroxylation is 1. The van der Waals surface area contributed by atoms with E-state index in [0.717, 1.165) is 18.7 Å². The zero-order chi connectivity index (χ0) is 16.4. The number of hydrogen-bond acceptors (Lipinski definition) is 4. The molecule has 23 heavy (non-hydrogen) atoms. The lowest BCUT2D eigenvalue weighted by atomic mass is 9.96. The summed E-state index contributed by atoms with van der Waals surface area (Å²) in [5, 5.41) is 7.01. The molecular formula is C15H19FN6O. The quantitative estimate of drug-likeness (QED) is 0.885. The molecule has 2 aromatic rings. The molecule has 2 amide bonds. The predicted octanol–water partition coefficient (Wildman–Crippen LogP) is 1.95. The minimum absolute atomic E-state index is 0.205. The Morgan fingerprint density at radius 2 is 2.13 bits per heavy atom. The first kappa shape index (κ1) is 15.3. The second kappa shape index (κ2) is 6.23. The monoisotopic (exact) mass is 318 g/mol. The highest BCUT2D eigenvalue weighted by Crippen LogP contribution is 2.26. The number of hydrogen-bond donors (Lipinski definition) is 2. The molecular weight excluding hydrogens is 299 g/mol. The topological polar surface area (TPSA) is 89.1 Å². The molecule has 0 aliphatic carbocycles. The standard InChI is InChI=1S/C15H19FN6O/c1-21-14(17)19-13(20-21)10-5-7-22(8-6-10)15(23)18-12-4-2-3-11(16)9-12/h2-4,9-10H,5-8H2,1H3,(H,18,23)(H2,17,19,20). The molecule has 1 aliphatic heterocycles. The molecule has 7 nitrogen and oxygen atoms in total. The van der Waals surface area contributed by atoms with Crippen LogP contribution in [0.25, 0.3) is 0 Å². The fraction of sp³-hybridized carbons (Fsp3) is 0.400. The van der Waals surface area contributed by atoms with E-state index >= 15 is 0 Å². The zero-order valence-electron chi connectivity index (χ0n) is 12.9. The summed E-state index contributed by atoms with van der Waals surface area (Å²) in [5.74, 6) is 0.957. The van der Waals surface area contributed by atoms with E-state index in [1.165, 1.54) is 12.1 Å². The number of piperidine rings is 1. The third-order valence-electron chi connectivity index (χ3n) is 4.04. The van der Waals surface area contributed by atoms with Gasteiger partial charge in [-0.3, -0.25) is 0 Å². The molecule has 0 saturated carbocycles. The summed E-state index contributed by atoms with van der Waals surface area (Å²) in [6, 6.07) is 5.64. The molecule has 1 aliphatic rings. The van der Waals surface area contributed by atoms with Gasteiger partial charge in [0.05, 0.1) is 0 Å². The molecule has 0 spiro atoms. The number of nitrogens with one attached hydrogen (secondary N) is 1. The van der Waals surface area contributed by atoms with E-state index in [4.69, 9.17) is 5.73 Å². The number of urea groups is 1. The number of nitrogens with zero attached hydrogens (tertiary/aromatic N) is 4. The summed E-state index contributed by atoms with van der Waals surface area (Å²) in [7, 11) is 1.76. The van der Waals surface area contributed by atoms with Crippen LogP contribution in [0.2, 0.25) is 0 Å². The Bertz CT molecular complexity index is 688. The number of rotatable bonds is 2. The molecule has 122 valence electrons. The van der Waals surface area contributed by atoms with Crippen molar-refractivity contribution in [2.75, 3.05) is 24.1 Å². The minimum Gasteiger partial charge on any atom is -0.368 e. The highest BCUT2D eigenvalue weighted by molar-refractivity contribution is 5.89. The van der Waals surface area contributed by atoms with Gasteiger partial charge in [-0.05, 0) is 31.0 Å². The first-order chi connectivity index (χ1) is 11.0. The fourth-order valence-electron chi connectivity index (χ4n) is 2.70. The molecule has 3 rings (SSSR count). The van der Waals surface area contributed by atoms with Crippen LogP contribution in [0.3, 0.4) is 0 Å². The van der Waals surface area contributed by atoms with Crippen molar-refractivity contribution < 1.29 is 9.18 Å². The van der Waals surface area contributed by atoms with Crippen molar-refractivity contribution >= 4 is 17.7 Å². The number of anilines is 2. The molecule has 1 saturated heterocycles.